The Morgan fingerprint density at radius 3 is 2.64 bits per heavy atom. The Hall–Kier alpha value is -1.67. The molecule has 2 aromatic rings. The summed E-state index contributed by atoms with van der Waals surface area (Å²) in [4.78, 5) is 0. The zero-order valence-electron chi connectivity index (χ0n) is 13.5. The summed E-state index contributed by atoms with van der Waals surface area (Å²) in [6, 6.07) is 14.1. The summed E-state index contributed by atoms with van der Waals surface area (Å²) in [6.45, 7) is 7.91. The van der Waals surface area contributed by atoms with Crippen LogP contribution in [-0.2, 0) is 6.54 Å². The van der Waals surface area contributed by atoms with Gasteiger partial charge in [0.25, 0.3) is 0 Å². The summed E-state index contributed by atoms with van der Waals surface area (Å²) >= 11 is 6.16. The number of halogens is 1. The third kappa shape index (κ3) is 4.67. The molecule has 2 aromatic carbocycles. The van der Waals surface area contributed by atoms with Crippen LogP contribution in [-0.4, -0.2) is 6.61 Å². The van der Waals surface area contributed by atoms with Gasteiger partial charge >= 0.3 is 0 Å². The van der Waals surface area contributed by atoms with Gasteiger partial charge < -0.3 is 10.1 Å². The molecule has 0 heterocycles. The molecule has 0 radical (unpaired) electrons. The van der Waals surface area contributed by atoms with Crippen molar-refractivity contribution in [1.29, 1.82) is 0 Å². The zero-order chi connectivity index (χ0) is 15.9. The summed E-state index contributed by atoms with van der Waals surface area (Å²) in [5, 5.41) is 4.23. The molecule has 1 N–H and O–H groups in total. The summed E-state index contributed by atoms with van der Waals surface area (Å²) in [5.41, 5.74) is 3.29. The molecule has 0 aromatic heterocycles. The number of rotatable bonds is 7. The second kappa shape index (κ2) is 8.09. The Balaban J connectivity index is 2.02. The van der Waals surface area contributed by atoms with Crippen molar-refractivity contribution in [2.45, 2.75) is 33.7 Å². The van der Waals surface area contributed by atoms with Crippen LogP contribution in [0.15, 0.2) is 42.5 Å². The fraction of sp³-hybridized carbons (Fsp3) is 0.368. The Kier molecular flexibility index (Phi) is 6.14. The summed E-state index contributed by atoms with van der Waals surface area (Å²) in [5.74, 6) is 1.61. The molecule has 0 aliphatic heterocycles. The van der Waals surface area contributed by atoms with Gasteiger partial charge in [-0.2, -0.15) is 0 Å². The van der Waals surface area contributed by atoms with Crippen molar-refractivity contribution in [3.63, 3.8) is 0 Å². The molecule has 2 rings (SSSR count). The van der Waals surface area contributed by atoms with Crippen molar-refractivity contribution in [1.82, 2.24) is 0 Å². The SMILES string of the molecule is Cc1c(Cl)cccc1NCc1ccccc1OCCC(C)C. The van der Waals surface area contributed by atoms with Crippen LogP contribution in [0.2, 0.25) is 5.02 Å². The monoisotopic (exact) mass is 317 g/mol. The maximum atomic E-state index is 6.16. The number of anilines is 1. The molecule has 0 unspecified atom stereocenters. The largest absolute Gasteiger partial charge is 0.493 e. The minimum atomic E-state index is 0.652. The number of hydrogen-bond donors (Lipinski definition) is 1. The lowest BCUT2D eigenvalue weighted by Gasteiger charge is -2.15. The van der Waals surface area contributed by atoms with Crippen LogP contribution in [0.5, 0.6) is 5.75 Å². The van der Waals surface area contributed by atoms with E-state index in [1.54, 1.807) is 0 Å². The number of para-hydroxylation sites is 1. The van der Waals surface area contributed by atoms with E-state index in [2.05, 4.69) is 25.2 Å². The van der Waals surface area contributed by atoms with Gasteiger partial charge in [0.1, 0.15) is 5.75 Å². The standard InChI is InChI=1S/C19H24ClNO/c1-14(2)11-12-22-19-10-5-4-7-16(19)13-21-18-9-6-8-17(20)15(18)3/h4-10,14,21H,11-13H2,1-3H3. The highest BCUT2D eigenvalue weighted by atomic mass is 35.5. The highest BCUT2D eigenvalue weighted by Gasteiger charge is 2.06. The van der Waals surface area contributed by atoms with Gasteiger partial charge in [-0.3, -0.25) is 0 Å². The smallest absolute Gasteiger partial charge is 0.124 e. The Bertz CT molecular complexity index is 610. The van der Waals surface area contributed by atoms with Gasteiger partial charge in [-0.25, -0.2) is 0 Å². The highest BCUT2D eigenvalue weighted by molar-refractivity contribution is 6.31. The van der Waals surface area contributed by atoms with E-state index in [9.17, 15) is 0 Å². The van der Waals surface area contributed by atoms with E-state index in [1.165, 1.54) is 0 Å². The molecule has 0 amide bonds. The molecule has 0 saturated carbocycles. The molecule has 3 heteroatoms. The maximum Gasteiger partial charge on any atom is 0.124 e. The van der Waals surface area contributed by atoms with Crippen LogP contribution >= 0.6 is 11.6 Å². The minimum absolute atomic E-state index is 0.652. The van der Waals surface area contributed by atoms with Gasteiger partial charge in [-0.05, 0) is 43.0 Å². The van der Waals surface area contributed by atoms with Gasteiger partial charge in [0, 0.05) is 22.8 Å². The van der Waals surface area contributed by atoms with Crippen LogP contribution in [0.3, 0.4) is 0 Å². The van der Waals surface area contributed by atoms with Crippen molar-refractivity contribution in [2.24, 2.45) is 5.92 Å². The summed E-state index contributed by atoms with van der Waals surface area (Å²) in [6.07, 6.45) is 1.06. The average molecular weight is 318 g/mol. The number of benzene rings is 2. The highest BCUT2D eigenvalue weighted by Crippen LogP contribution is 2.25. The molecule has 0 fully saturated rings. The topological polar surface area (TPSA) is 21.3 Å². The van der Waals surface area contributed by atoms with E-state index in [4.69, 9.17) is 16.3 Å². The first kappa shape index (κ1) is 16.7. The average Bonchev–Trinajstić information content (AvgIpc) is 2.49. The van der Waals surface area contributed by atoms with Gasteiger partial charge in [0.2, 0.25) is 0 Å². The molecule has 118 valence electrons. The van der Waals surface area contributed by atoms with Crippen LogP contribution in [0.25, 0.3) is 0 Å². The van der Waals surface area contributed by atoms with Gasteiger partial charge in [0.05, 0.1) is 6.61 Å². The van der Waals surface area contributed by atoms with Gasteiger partial charge in [0.15, 0.2) is 0 Å². The van der Waals surface area contributed by atoms with Gasteiger partial charge in [-0.1, -0.05) is 49.7 Å². The summed E-state index contributed by atoms with van der Waals surface area (Å²) < 4.78 is 5.92. The molecule has 0 aliphatic rings. The predicted octanol–water partition coefficient (Wildman–Crippen LogP) is 5.69. The fourth-order valence-electron chi connectivity index (χ4n) is 2.18. The van der Waals surface area contributed by atoms with E-state index < -0.39 is 0 Å². The second-order valence-corrected chi connectivity index (χ2v) is 6.31. The molecule has 0 atom stereocenters. The van der Waals surface area contributed by atoms with E-state index in [0.717, 1.165) is 47.2 Å². The first-order valence-electron chi connectivity index (χ1n) is 7.77. The van der Waals surface area contributed by atoms with Crippen molar-refractivity contribution >= 4 is 17.3 Å². The normalized spacial score (nSPS) is 10.8. The molecular formula is C19H24ClNO. The Morgan fingerprint density at radius 1 is 1.09 bits per heavy atom. The lowest BCUT2D eigenvalue weighted by atomic mass is 10.1. The van der Waals surface area contributed by atoms with Crippen LogP contribution < -0.4 is 10.1 Å². The Labute approximate surface area is 138 Å². The number of ether oxygens (including phenoxy) is 1. The van der Waals surface area contributed by atoms with E-state index in [1.807, 2.05) is 43.3 Å². The maximum absolute atomic E-state index is 6.16. The third-order valence-electron chi connectivity index (χ3n) is 3.66. The predicted molar refractivity (Wildman–Crippen MR) is 94.9 cm³/mol. The van der Waals surface area contributed by atoms with Crippen LogP contribution in [0, 0.1) is 12.8 Å². The lowest BCUT2D eigenvalue weighted by Crippen LogP contribution is -2.06. The quantitative estimate of drug-likeness (QED) is 0.708. The van der Waals surface area contributed by atoms with Crippen molar-refractivity contribution < 1.29 is 4.74 Å². The third-order valence-corrected chi connectivity index (χ3v) is 4.07. The van der Waals surface area contributed by atoms with Gasteiger partial charge in [-0.15, -0.1) is 0 Å². The minimum Gasteiger partial charge on any atom is -0.493 e. The molecule has 0 aliphatic carbocycles. The Morgan fingerprint density at radius 2 is 1.86 bits per heavy atom. The molecule has 0 bridgehead atoms. The first-order valence-corrected chi connectivity index (χ1v) is 8.15. The van der Waals surface area contributed by atoms with E-state index in [0.29, 0.717) is 5.92 Å². The molecule has 2 nitrogen and oxygen atoms in total. The molecule has 0 saturated heterocycles. The first-order chi connectivity index (χ1) is 10.6. The van der Waals surface area contributed by atoms with Crippen molar-refractivity contribution in [3.05, 3.63) is 58.6 Å². The number of hydrogen-bond acceptors (Lipinski definition) is 2. The molecular weight excluding hydrogens is 294 g/mol. The molecule has 22 heavy (non-hydrogen) atoms. The molecule has 0 spiro atoms. The van der Waals surface area contributed by atoms with Crippen LogP contribution in [0.4, 0.5) is 5.69 Å². The number of nitrogens with one attached hydrogen (secondary N) is 1. The second-order valence-electron chi connectivity index (χ2n) is 5.90. The fourth-order valence-corrected chi connectivity index (χ4v) is 2.36. The lowest BCUT2D eigenvalue weighted by molar-refractivity contribution is 0.287. The zero-order valence-corrected chi connectivity index (χ0v) is 14.3. The van der Waals surface area contributed by atoms with Crippen molar-refractivity contribution in [3.8, 4) is 5.75 Å². The van der Waals surface area contributed by atoms with E-state index >= 15 is 0 Å². The summed E-state index contributed by atoms with van der Waals surface area (Å²) in [7, 11) is 0. The van der Waals surface area contributed by atoms with E-state index in [-0.39, 0.29) is 0 Å². The van der Waals surface area contributed by atoms with Crippen molar-refractivity contribution in [2.75, 3.05) is 11.9 Å². The van der Waals surface area contributed by atoms with Crippen LogP contribution in [0.1, 0.15) is 31.4 Å².